The highest BCUT2D eigenvalue weighted by Gasteiger charge is 2.37. The Hall–Kier alpha value is -6.09. The van der Waals surface area contributed by atoms with Crippen molar-refractivity contribution in [3.63, 3.8) is 0 Å². The van der Waals surface area contributed by atoms with Gasteiger partial charge in [0.05, 0.1) is 46.7 Å². The summed E-state index contributed by atoms with van der Waals surface area (Å²) in [6.07, 6.45) is 0. The fourth-order valence-electron chi connectivity index (χ4n) is 6.72. The monoisotopic (exact) mass is 721 g/mol. The number of pyridine rings is 1. The van der Waals surface area contributed by atoms with Crippen LogP contribution in [0.1, 0.15) is 117 Å². The van der Waals surface area contributed by atoms with Gasteiger partial charge in [0.15, 0.2) is 0 Å². The molecule has 7 rings (SSSR count). The van der Waals surface area contributed by atoms with Crippen LogP contribution in [-0.4, -0.2) is 38.4 Å². The normalized spacial score (nSPS) is 14.1. The second kappa shape index (κ2) is 14.0. The first kappa shape index (κ1) is 36.3. The van der Waals surface area contributed by atoms with E-state index >= 15 is 0 Å². The molecule has 2 aliphatic rings. The Morgan fingerprint density at radius 2 is 0.833 bits per heavy atom. The van der Waals surface area contributed by atoms with Gasteiger partial charge in [-0.2, -0.15) is 0 Å². The van der Waals surface area contributed by atoms with Crippen LogP contribution in [-0.2, 0) is 37.1 Å². The Kier molecular flexibility index (Phi) is 9.43. The van der Waals surface area contributed by atoms with Gasteiger partial charge in [-0.15, -0.1) is 0 Å². The number of aromatic nitrogens is 1. The maximum atomic E-state index is 13.2. The van der Waals surface area contributed by atoms with E-state index in [1.54, 1.807) is 48.5 Å². The van der Waals surface area contributed by atoms with Gasteiger partial charge in [-0.3, -0.25) is 34.0 Å². The average molecular weight is 722 g/mol. The van der Waals surface area contributed by atoms with E-state index in [-0.39, 0.29) is 60.8 Å². The minimum atomic E-state index is -0.322. The molecule has 0 radical (unpaired) electrons. The first-order valence-electron chi connectivity index (χ1n) is 18.1. The van der Waals surface area contributed by atoms with Crippen LogP contribution in [0.5, 0.6) is 11.5 Å². The number of hydrogen-bond donors (Lipinski definition) is 0. The molecule has 54 heavy (non-hydrogen) atoms. The van der Waals surface area contributed by atoms with E-state index in [1.807, 2.05) is 54.6 Å². The van der Waals surface area contributed by atoms with Crippen molar-refractivity contribution in [2.45, 2.75) is 78.7 Å². The molecule has 0 atom stereocenters. The van der Waals surface area contributed by atoms with E-state index in [0.717, 1.165) is 22.3 Å². The first-order valence-corrected chi connectivity index (χ1v) is 18.1. The molecular formula is C45H43N3O6. The molecule has 9 heteroatoms. The van der Waals surface area contributed by atoms with E-state index in [4.69, 9.17) is 14.5 Å². The maximum absolute atomic E-state index is 13.2. The Labute approximate surface area is 315 Å². The standard InChI is InChI=1S/C45H43N3O6/c1-44(2,3)30-18-20-38(28(22-30)24-47-40(49)34-14-7-8-15-35(34)41(47)50)53-26-32-12-11-13-33(46-32)27-54-39-21-19-31(45(4,5)6)23-29(39)25-48-42(51)36-16-9-10-17-37(36)43(48)52/h7-23H,24-27H2,1-6H3. The number of hydrogen-bond acceptors (Lipinski definition) is 7. The van der Waals surface area contributed by atoms with Gasteiger partial charge in [0, 0.05) is 11.1 Å². The van der Waals surface area contributed by atoms with Gasteiger partial charge in [0.25, 0.3) is 23.6 Å². The molecule has 4 aromatic carbocycles. The van der Waals surface area contributed by atoms with Crippen molar-refractivity contribution >= 4 is 23.6 Å². The first-order chi connectivity index (χ1) is 25.7. The number of benzene rings is 4. The lowest BCUT2D eigenvalue weighted by Crippen LogP contribution is -2.29. The molecule has 0 unspecified atom stereocenters. The molecular weight excluding hydrogens is 679 g/mol. The maximum Gasteiger partial charge on any atom is 0.261 e. The van der Waals surface area contributed by atoms with Crippen LogP contribution >= 0.6 is 0 Å². The predicted molar refractivity (Wildman–Crippen MR) is 204 cm³/mol. The molecule has 2 aliphatic heterocycles. The summed E-state index contributed by atoms with van der Waals surface area (Å²) in [5.41, 5.74) is 6.17. The number of fused-ring (bicyclic) bond motifs is 2. The highest BCUT2D eigenvalue weighted by Crippen LogP contribution is 2.34. The Balaban J connectivity index is 1.08. The second-order valence-corrected chi connectivity index (χ2v) is 15.8. The summed E-state index contributed by atoms with van der Waals surface area (Å²) >= 11 is 0. The molecule has 0 N–H and O–H groups in total. The van der Waals surface area contributed by atoms with Crippen LogP contribution in [0.25, 0.3) is 0 Å². The second-order valence-electron chi connectivity index (χ2n) is 15.8. The number of carbonyl (C=O) groups is 4. The fraction of sp³-hybridized carbons (Fsp3) is 0.267. The smallest absolute Gasteiger partial charge is 0.261 e. The third kappa shape index (κ3) is 7.14. The van der Waals surface area contributed by atoms with Gasteiger partial charge < -0.3 is 9.47 Å². The third-order valence-corrected chi connectivity index (χ3v) is 9.88. The number of imide groups is 2. The van der Waals surface area contributed by atoms with Gasteiger partial charge in [-0.05, 0) is 82.6 Å². The van der Waals surface area contributed by atoms with Gasteiger partial charge >= 0.3 is 0 Å². The van der Waals surface area contributed by atoms with E-state index in [1.165, 1.54) is 9.80 Å². The lowest BCUT2D eigenvalue weighted by Gasteiger charge is -2.23. The summed E-state index contributed by atoms with van der Waals surface area (Å²) < 4.78 is 12.7. The zero-order valence-electron chi connectivity index (χ0n) is 31.4. The lowest BCUT2D eigenvalue weighted by molar-refractivity contribution is 0.0625. The minimum absolute atomic E-state index is 0.0734. The fourth-order valence-corrected chi connectivity index (χ4v) is 6.72. The van der Waals surface area contributed by atoms with E-state index in [9.17, 15) is 19.2 Å². The summed E-state index contributed by atoms with van der Waals surface area (Å²) in [4.78, 5) is 60.3. The largest absolute Gasteiger partial charge is 0.487 e. The van der Waals surface area contributed by atoms with Gasteiger partial charge in [0.1, 0.15) is 24.7 Å². The van der Waals surface area contributed by atoms with Crippen molar-refractivity contribution in [2.75, 3.05) is 0 Å². The van der Waals surface area contributed by atoms with Crippen molar-refractivity contribution in [3.8, 4) is 11.5 Å². The molecule has 9 nitrogen and oxygen atoms in total. The number of ether oxygens (including phenoxy) is 2. The topological polar surface area (TPSA) is 106 Å². The number of carbonyl (C=O) groups excluding carboxylic acids is 4. The molecule has 0 saturated carbocycles. The zero-order chi connectivity index (χ0) is 38.4. The van der Waals surface area contributed by atoms with Crippen LogP contribution in [0.3, 0.4) is 0 Å². The van der Waals surface area contributed by atoms with Crippen LogP contribution in [0.2, 0.25) is 0 Å². The zero-order valence-corrected chi connectivity index (χ0v) is 31.4. The minimum Gasteiger partial charge on any atom is -0.487 e. The molecule has 274 valence electrons. The van der Waals surface area contributed by atoms with E-state index < -0.39 is 0 Å². The van der Waals surface area contributed by atoms with Crippen LogP contribution in [0.15, 0.2) is 103 Å². The predicted octanol–water partition coefficient (Wildman–Crippen LogP) is 8.43. The number of nitrogens with zero attached hydrogens (tertiary/aromatic N) is 3. The highest BCUT2D eigenvalue weighted by molar-refractivity contribution is 6.22. The van der Waals surface area contributed by atoms with Gasteiger partial charge in [-0.1, -0.05) is 84.0 Å². The summed E-state index contributed by atoms with van der Waals surface area (Å²) in [5, 5.41) is 0. The van der Waals surface area contributed by atoms with Crippen LogP contribution in [0, 0.1) is 0 Å². The summed E-state index contributed by atoms with van der Waals surface area (Å²) in [7, 11) is 0. The van der Waals surface area contributed by atoms with Gasteiger partial charge in [0.2, 0.25) is 0 Å². The number of rotatable bonds is 10. The molecule has 0 fully saturated rings. The van der Waals surface area contributed by atoms with E-state index in [2.05, 4.69) is 41.5 Å². The number of amides is 4. The Morgan fingerprint density at radius 3 is 1.17 bits per heavy atom. The van der Waals surface area contributed by atoms with Crippen molar-refractivity contribution in [2.24, 2.45) is 0 Å². The molecule has 1 aromatic heterocycles. The van der Waals surface area contributed by atoms with Crippen molar-refractivity contribution in [1.82, 2.24) is 14.8 Å². The van der Waals surface area contributed by atoms with Crippen LogP contribution < -0.4 is 9.47 Å². The quantitative estimate of drug-likeness (QED) is 0.133. The lowest BCUT2D eigenvalue weighted by atomic mass is 9.86. The molecule has 0 saturated heterocycles. The molecule has 3 heterocycles. The molecule has 0 aliphatic carbocycles. The van der Waals surface area contributed by atoms with Crippen LogP contribution in [0.4, 0.5) is 0 Å². The van der Waals surface area contributed by atoms with Gasteiger partial charge in [-0.25, -0.2) is 0 Å². The summed E-state index contributed by atoms with van der Waals surface area (Å²) in [6.45, 7) is 13.1. The highest BCUT2D eigenvalue weighted by atomic mass is 16.5. The van der Waals surface area contributed by atoms with E-state index in [0.29, 0.717) is 45.1 Å². The third-order valence-electron chi connectivity index (χ3n) is 9.88. The SMILES string of the molecule is CC(C)(C)c1ccc(OCc2cccc(COc3ccc(C(C)(C)C)cc3CN3C(=O)c4ccccc4C3=O)n2)c(CN2C(=O)c3ccccc3C2=O)c1. The molecule has 0 bridgehead atoms. The summed E-state index contributed by atoms with van der Waals surface area (Å²) in [5.74, 6) is -0.178. The van der Waals surface area contributed by atoms with Crippen molar-refractivity contribution < 1.29 is 28.7 Å². The Bertz CT molecular complexity index is 2090. The summed E-state index contributed by atoms with van der Waals surface area (Å²) in [6, 6.07) is 31.1. The molecule has 4 amide bonds. The molecule has 5 aromatic rings. The van der Waals surface area contributed by atoms with Crippen molar-refractivity contribution in [3.05, 3.63) is 159 Å². The Morgan fingerprint density at radius 1 is 0.481 bits per heavy atom. The molecule has 0 spiro atoms. The average Bonchev–Trinajstić information content (AvgIpc) is 3.53. The van der Waals surface area contributed by atoms with Crippen molar-refractivity contribution in [1.29, 1.82) is 0 Å².